The summed E-state index contributed by atoms with van der Waals surface area (Å²) in [5.41, 5.74) is 4.17. The Kier molecular flexibility index (Phi) is 10.9. The second kappa shape index (κ2) is 14.4. The van der Waals surface area contributed by atoms with E-state index >= 15 is 0 Å². The van der Waals surface area contributed by atoms with Crippen molar-refractivity contribution in [1.29, 1.82) is 0 Å². The highest BCUT2D eigenvalue weighted by Crippen LogP contribution is 2.23. The van der Waals surface area contributed by atoms with Gasteiger partial charge in [0.25, 0.3) is 0 Å². The Balaban J connectivity index is 1.49. The van der Waals surface area contributed by atoms with Gasteiger partial charge in [-0.1, -0.05) is 88.8 Å². The third-order valence-electron chi connectivity index (χ3n) is 6.29. The van der Waals surface area contributed by atoms with Crippen molar-refractivity contribution in [1.82, 2.24) is 0 Å². The molecule has 0 heterocycles. The lowest BCUT2D eigenvalue weighted by atomic mass is 10.00. The molecule has 0 radical (unpaired) electrons. The number of esters is 1. The molecule has 0 spiro atoms. The van der Waals surface area contributed by atoms with Gasteiger partial charge >= 0.3 is 5.97 Å². The molecule has 3 aromatic carbocycles. The van der Waals surface area contributed by atoms with Crippen LogP contribution in [0, 0.1) is 0 Å². The zero-order valence-electron chi connectivity index (χ0n) is 21.6. The molecular weight excluding hydrogens is 432 g/mol. The third-order valence-corrected chi connectivity index (χ3v) is 6.29. The first kappa shape index (κ1) is 26.5. The van der Waals surface area contributed by atoms with Gasteiger partial charge in [0, 0.05) is 0 Å². The van der Waals surface area contributed by atoms with Crippen LogP contribution in [0.25, 0.3) is 11.1 Å². The van der Waals surface area contributed by atoms with Gasteiger partial charge in [0.1, 0.15) is 11.5 Å². The van der Waals surface area contributed by atoms with Crippen LogP contribution in [0.5, 0.6) is 11.5 Å². The lowest BCUT2D eigenvalue weighted by Gasteiger charge is -2.14. The van der Waals surface area contributed by atoms with E-state index in [1.54, 1.807) is 12.1 Å². The Morgan fingerprint density at radius 3 is 1.89 bits per heavy atom. The lowest BCUT2D eigenvalue weighted by molar-refractivity contribution is 0.0734. The molecule has 0 aromatic heterocycles. The van der Waals surface area contributed by atoms with E-state index in [9.17, 15) is 4.79 Å². The number of hydrogen-bond donors (Lipinski definition) is 0. The summed E-state index contributed by atoms with van der Waals surface area (Å²) in [6.45, 7) is 6.46. The van der Waals surface area contributed by atoms with E-state index in [4.69, 9.17) is 9.47 Å². The third kappa shape index (κ3) is 8.90. The molecule has 0 fully saturated rings. The zero-order chi connectivity index (χ0) is 24.9. The van der Waals surface area contributed by atoms with Gasteiger partial charge in [-0.25, -0.2) is 4.79 Å². The minimum Gasteiger partial charge on any atom is -0.491 e. The molecule has 0 saturated heterocycles. The maximum absolute atomic E-state index is 12.6. The monoisotopic (exact) mass is 472 g/mol. The minimum absolute atomic E-state index is 0.170. The quantitative estimate of drug-likeness (QED) is 0.133. The second-order valence-corrected chi connectivity index (χ2v) is 9.37. The molecule has 0 bridgehead atoms. The minimum atomic E-state index is -0.362. The van der Waals surface area contributed by atoms with Crippen LogP contribution in [0.15, 0.2) is 72.8 Å². The summed E-state index contributed by atoms with van der Waals surface area (Å²) in [6, 6.07) is 23.6. The van der Waals surface area contributed by atoms with Crippen molar-refractivity contribution in [2.24, 2.45) is 0 Å². The van der Waals surface area contributed by atoms with Crippen LogP contribution in [0.2, 0.25) is 0 Å². The Morgan fingerprint density at radius 1 is 0.686 bits per heavy atom. The summed E-state index contributed by atoms with van der Waals surface area (Å²) in [7, 11) is 0. The standard InChI is InChI=1S/C32H40O3/c1-4-6-7-8-9-10-12-26-13-15-27(16-14-26)28-17-19-29(20-18-28)32(33)35-31-23-21-30(22-24-31)34-25(3)11-5-2/h13-25H,4-12H2,1-3H3. The van der Waals surface area contributed by atoms with E-state index in [1.807, 2.05) is 36.4 Å². The van der Waals surface area contributed by atoms with Crippen molar-refractivity contribution in [2.75, 3.05) is 0 Å². The van der Waals surface area contributed by atoms with E-state index < -0.39 is 0 Å². The van der Waals surface area contributed by atoms with E-state index in [-0.39, 0.29) is 12.1 Å². The van der Waals surface area contributed by atoms with Gasteiger partial charge < -0.3 is 9.47 Å². The molecule has 3 nitrogen and oxygen atoms in total. The molecule has 3 heteroatoms. The van der Waals surface area contributed by atoms with Gasteiger partial charge in [0.2, 0.25) is 0 Å². The van der Waals surface area contributed by atoms with Crippen LogP contribution in [-0.4, -0.2) is 12.1 Å². The molecule has 0 amide bonds. The number of hydrogen-bond acceptors (Lipinski definition) is 3. The molecule has 0 saturated carbocycles. The number of carbonyl (C=O) groups is 1. The highest BCUT2D eigenvalue weighted by molar-refractivity contribution is 5.91. The Bertz CT molecular complexity index is 1000. The van der Waals surface area contributed by atoms with Crippen molar-refractivity contribution >= 4 is 5.97 Å². The molecule has 1 atom stereocenters. The van der Waals surface area contributed by atoms with Crippen molar-refractivity contribution < 1.29 is 14.3 Å². The topological polar surface area (TPSA) is 35.5 Å². The molecule has 0 aliphatic carbocycles. The number of rotatable bonds is 14. The predicted molar refractivity (Wildman–Crippen MR) is 145 cm³/mol. The first-order chi connectivity index (χ1) is 17.1. The maximum Gasteiger partial charge on any atom is 0.343 e. The van der Waals surface area contributed by atoms with Crippen LogP contribution < -0.4 is 9.47 Å². The highest BCUT2D eigenvalue weighted by atomic mass is 16.5. The van der Waals surface area contributed by atoms with Gasteiger partial charge in [0.15, 0.2) is 0 Å². The largest absolute Gasteiger partial charge is 0.491 e. The fourth-order valence-corrected chi connectivity index (χ4v) is 4.22. The number of benzene rings is 3. The highest BCUT2D eigenvalue weighted by Gasteiger charge is 2.10. The molecule has 0 aliphatic rings. The average molecular weight is 473 g/mol. The van der Waals surface area contributed by atoms with Crippen LogP contribution in [-0.2, 0) is 6.42 Å². The predicted octanol–water partition coefficient (Wildman–Crippen LogP) is 9.04. The fraction of sp³-hybridized carbons (Fsp3) is 0.406. The smallest absolute Gasteiger partial charge is 0.343 e. The van der Waals surface area contributed by atoms with Crippen molar-refractivity contribution in [3.05, 3.63) is 83.9 Å². The van der Waals surface area contributed by atoms with Gasteiger partial charge in [0.05, 0.1) is 11.7 Å². The SMILES string of the molecule is CCCCCCCCc1ccc(-c2ccc(C(=O)Oc3ccc(OC(C)CCC)cc3)cc2)cc1. The molecule has 0 N–H and O–H groups in total. The Morgan fingerprint density at radius 2 is 1.26 bits per heavy atom. The van der Waals surface area contributed by atoms with E-state index in [0.29, 0.717) is 11.3 Å². The van der Waals surface area contributed by atoms with Crippen LogP contribution in [0.3, 0.4) is 0 Å². The van der Waals surface area contributed by atoms with E-state index in [2.05, 4.69) is 45.0 Å². The second-order valence-electron chi connectivity index (χ2n) is 9.37. The molecule has 3 rings (SSSR count). The number of ether oxygens (including phenoxy) is 2. The number of aryl methyl sites for hydroxylation is 1. The summed E-state index contributed by atoms with van der Waals surface area (Å²) < 4.78 is 11.4. The van der Waals surface area contributed by atoms with Gasteiger partial charge in [-0.05, 0) is 79.3 Å². The molecule has 3 aromatic rings. The van der Waals surface area contributed by atoms with Crippen molar-refractivity contribution in [3.8, 4) is 22.6 Å². The van der Waals surface area contributed by atoms with Crippen LogP contribution in [0.1, 0.15) is 88.1 Å². The first-order valence-electron chi connectivity index (χ1n) is 13.3. The average Bonchev–Trinajstić information content (AvgIpc) is 2.88. The maximum atomic E-state index is 12.6. The Labute approximate surface area is 211 Å². The summed E-state index contributed by atoms with van der Waals surface area (Å²) in [5.74, 6) is 0.933. The summed E-state index contributed by atoms with van der Waals surface area (Å²) in [5, 5.41) is 0. The normalized spacial score (nSPS) is 11.7. The molecular formula is C32H40O3. The van der Waals surface area contributed by atoms with Crippen LogP contribution >= 0.6 is 0 Å². The zero-order valence-corrected chi connectivity index (χ0v) is 21.6. The fourth-order valence-electron chi connectivity index (χ4n) is 4.22. The summed E-state index contributed by atoms with van der Waals surface area (Å²) in [4.78, 5) is 12.6. The Hall–Kier alpha value is -3.07. The van der Waals surface area contributed by atoms with E-state index in [0.717, 1.165) is 36.1 Å². The van der Waals surface area contributed by atoms with Gasteiger partial charge in [-0.3, -0.25) is 0 Å². The lowest BCUT2D eigenvalue weighted by Crippen LogP contribution is -2.11. The number of unbranched alkanes of at least 4 members (excludes halogenated alkanes) is 5. The molecule has 186 valence electrons. The van der Waals surface area contributed by atoms with Gasteiger partial charge in [-0.2, -0.15) is 0 Å². The van der Waals surface area contributed by atoms with E-state index in [1.165, 1.54) is 44.1 Å². The molecule has 1 unspecified atom stereocenters. The first-order valence-corrected chi connectivity index (χ1v) is 13.3. The van der Waals surface area contributed by atoms with Gasteiger partial charge in [-0.15, -0.1) is 0 Å². The van der Waals surface area contributed by atoms with Crippen LogP contribution in [0.4, 0.5) is 0 Å². The molecule has 0 aliphatic heterocycles. The molecule has 35 heavy (non-hydrogen) atoms. The van der Waals surface area contributed by atoms with Crippen molar-refractivity contribution in [3.63, 3.8) is 0 Å². The summed E-state index contributed by atoms with van der Waals surface area (Å²) in [6.07, 6.45) is 11.3. The number of carbonyl (C=O) groups excluding carboxylic acids is 1. The van der Waals surface area contributed by atoms with Crippen molar-refractivity contribution in [2.45, 2.75) is 84.7 Å². The summed E-state index contributed by atoms with van der Waals surface area (Å²) >= 11 is 0.